The first kappa shape index (κ1) is 13.5. The van der Waals surface area contributed by atoms with E-state index < -0.39 is 11.7 Å². The van der Waals surface area contributed by atoms with E-state index in [4.69, 9.17) is 9.47 Å². The maximum Gasteiger partial charge on any atom is 0.141 e. The Bertz CT molecular complexity index is 372. The van der Waals surface area contributed by atoms with Gasteiger partial charge in [-0.3, -0.25) is 0 Å². The summed E-state index contributed by atoms with van der Waals surface area (Å²) in [5.41, 5.74) is -0.560. The Kier molecular flexibility index (Phi) is 4.37. The van der Waals surface area contributed by atoms with Crippen LogP contribution in [-0.4, -0.2) is 40.6 Å². The molecule has 1 aliphatic heterocycles. The molecule has 102 valence electrons. The molecule has 1 saturated heterocycles. The average molecular weight is 254 g/mol. The van der Waals surface area contributed by atoms with Crippen molar-refractivity contribution in [1.29, 1.82) is 0 Å². The highest BCUT2D eigenvalue weighted by atomic mass is 16.5. The molecule has 1 aliphatic rings. The Hall–Kier alpha value is -0.910. The zero-order valence-electron chi connectivity index (χ0n) is 11.1. The number of rotatable bonds is 5. The Morgan fingerprint density at radius 1 is 1.56 bits per heavy atom. The molecule has 1 fully saturated rings. The van der Waals surface area contributed by atoms with Crippen LogP contribution < -0.4 is 0 Å². The summed E-state index contributed by atoms with van der Waals surface area (Å²) < 4.78 is 13.0. The third-order valence-electron chi connectivity index (χ3n) is 3.70. The van der Waals surface area contributed by atoms with E-state index in [1.54, 1.807) is 13.3 Å². The van der Waals surface area contributed by atoms with Gasteiger partial charge in [-0.1, -0.05) is 6.92 Å². The molecule has 0 bridgehead atoms. The molecule has 2 rings (SSSR count). The van der Waals surface area contributed by atoms with Crippen LogP contribution in [0.4, 0.5) is 0 Å². The quantitative estimate of drug-likeness (QED) is 0.865. The zero-order valence-corrected chi connectivity index (χ0v) is 11.1. The van der Waals surface area contributed by atoms with Crippen LogP contribution in [0.15, 0.2) is 12.4 Å². The van der Waals surface area contributed by atoms with E-state index >= 15 is 0 Å². The lowest BCUT2D eigenvalue weighted by Crippen LogP contribution is -2.44. The normalized spacial score (nSPS) is 20.8. The minimum atomic E-state index is -0.701. The molecule has 0 amide bonds. The van der Waals surface area contributed by atoms with Gasteiger partial charge < -0.3 is 19.1 Å². The molecule has 5 heteroatoms. The van der Waals surface area contributed by atoms with E-state index in [9.17, 15) is 5.11 Å². The summed E-state index contributed by atoms with van der Waals surface area (Å²) in [5, 5.41) is 10.6. The summed E-state index contributed by atoms with van der Waals surface area (Å²) >= 11 is 0. The number of nitrogens with zero attached hydrogens (tertiary/aromatic N) is 2. The van der Waals surface area contributed by atoms with Crippen LogP contribution in [0.5, 0.6) is 0 Å². The van der Waals surface area contributed by atoms with Crippen molar-refractivity contribution in [3.8, 4) is 0 Å². The molecule has 0 radical (unpaired) electrons. The number of aryl methyl sites for hydroxylation is 1. The summed E-state index contributed by atoms with van der Waals surface area (Å²) in [7, 11) is 1.65. The molecule has 2 heterocycles. The number of ether oxygens (including phenoxy) is 2. The second-order valence-electron chi connectivity index (χ2n) is 4.76. The van der Waals surface area contributed by atoms with Gasteiger partial charge in [0.05, 0.1) is 0 Å². The Morgan fingerprint density at radius 2 is 2.28 bits per heavy atom. The number of hydrogen-bond acceptors (Lipinski definition) is 4. The van der Waals surface area contributed by atoms with Crippen molar-refractivity contribution in [3.63, 3.8) is 0 Å². The highest BCUT2D eigenvalue weighted by molar-refractivity contribution is 5.05. The molecule has 0 spiro atoms. The average Bonchev–Trinajstić information content (AvgIpc) is 2.87. The second kappa shape index (κ2) is 5.82. The molecule has 1 aromatic heterocycles. The van der Waals surface area contributed by atoms with Gasteiger partial charge in [0, 0.05) is 52.1 Å². The predicted octanol–water partition coefficient (Wildman–Crippen LogP) is 1.52. The SMILES string of the molecule is CCCn1ccnc1C(O)C1(OC)CCOCC1. The Balaban J connectivity index is 2.22. The van der Waals surface area contributed by atoms with Crippen molar-refractivity contribution in [3.05, 3.63) is 18.2 Å². The maximum atomic E-state index is 10.6. The predicted molar refractivity (Wildman–Crippen MR) is 67.3 cm³/mol. The molecular formula is C13H22N2O3. The molecule has 1 unspecified atom stereocenters. The van der Waals surface area contributed by atoms with Gasteiger partial charge >= 0.3 is 0 Å². The number of aliphatic hydroxyl groups excluding tert-OH is 1. The van der Waals surface area contributed by atoms with E-state index in [0.717, 1.165) is 13.0 Å². The molecule has 5 nitrogen and oxygen atoms in total. The third-order valence-corrected chi connectivity index (χ3v) is 3.70. The molecule has 0 aromatic carbocycles. The maximum absolute atomic E-state index is 10.6. The lowest BCUT2D eigenvalue weighted by Gasteiger charge is -2.39. The summed E-state index contributed by atoms with van der Waals surface area (Å²) in [4.78, 5) is 4.30. The Labute approximate surface area is 108 Å². The van der Waals surface area contributed by atoms with Gasteiger partial charge in [-0.05, 0) is 6.42 Å². The molecule has 0 aliphatic carbocycles. The first-order valence-corrected chi connectivity index (χ1v) is 6.55. The van der Waals surface area contributed by atoms with Crippen molar-refractivity contribution in [2.45, 2.75) is 44.4 Å². The molecule has 1 aromatic rings. The van der Waals surface area contributed by atoms with Gasteiger partial charge in [0.2, 0.25) is 0 Å². The molecule has 1 N–H and O–H groups in total. The van der Waals surface area contributed by atoms with Crippen molar-refractivity contribution in [2.75, 3.05) is 20.3 Å². The Morgan fingerprint density at radius 3 is 2.89 bits per heavy atom. The minimum absolute atomic E-state index is 0.560. The summed E-state index contributed by atoms with van der Waals surface area (Å²) in [6.45, 7) is 4.22. The lowest BCUT2D eigenvalue weighted by atomic mass is 9.87. The number of aliphatic hydroxyl groups is 1. The number of aromatic nitrogens is 2. The van der Waals surface area contributed by atoms with E-state index in [0.29, 0.717) is 31.9 Å². The monoisotopic (exact) mass is 254 g/mol. The van der Waals surface area contributed by atoms with Crippen LogP contribution >= 0.6 is 0 Å². The largest absolute Gasteiger partial charge is 0.382 e. The summed E-state index contributed by atoms with van der Waals surface area (Å²) in [5.74, 6) is 0.695. The van der Waals surface area contributed by atoms with Gasteiger partial charge in [-0.25, -0.2) is 4.98 Å². The smallest absolute Gasteiger partial charge is 0.141 e. The topological polar surface area (TPSA) is 56.5 Å². The molecule has 18 heavy (non-hydrogen) atoms. The first-order valence-electron chi connectivity index (χ1n) is 6.55. The van der Waals surface area contributed by atoms with Gasteiger partial charge in [0.25, 0.3) is 0 Å². The highest BCUT2D eigenvalue weighted by Crippen LogP contribution is 2.36. The van der Waals surface area contributed by atoms with Crippen molar-refractivity contribution < 1.29 is 14.6 Å². The van der Waals surface area contributed by atoms with E-state index in [-0.39, 0.29) is 0 Å². The minimum Gasteiger partial charge on any atom is -0.382 e. The van der Waals surface area contributed by atoms with Gasteiger partial charge in [0.15, 0.2) is 0 Å². The van der Waals surface area contributed by atoms with Gasteiger partial charge in [-0.15, -0.1) is 0 Å². The van der Waals surface area contributed by atoms with Crippen molar-refractivity contribution in [1.82, 2.24) is 9.55 Å². The molecule has 0 saturated carbocycles. The fourth-order valence-electron chi connectivity index (χ4n) is 2.54. The van der Waals surface area contributed by atoms with Crippen LogP contribution in [0.2, 0.25) is 0 Å². The second-order valence-corrected chi connectivity index (χ2v) is 4.76. The van der Waals surface area contributed by atoms with E-state index in [1.807, 2.05) is 10.8 Å². The molecule has 1 atom stereocenters. The number of methoxy groups -OCH3 is 1. The number of imidazole rings is 1. The lowest BCUT2D eigenvalue weighted by molar-refractivity contribution is -0.157. The van der Waals surface area contributed by atoms with Crippen LogP contribution in [0, 0.1) is 0 Å². The van der Waals surface area contributed by atoms with E-state index in [1.165, 1.54) is 0 Å². The van der Waals surface area contributed by atoms with Crippen LogP contribution in [0.25, 0.3) is 0 Å². The zero-order chi connectivity index (χ0) is 13.0. The van der Waals surface area contributed by atoms with E-state index in [2.05, 4.69) is 11.9 Å². The van der Waals surface area contributed by atoms with Gasteiger partial charge in [-0.2, -0.15) is 0 Å². The fraction of sp³-hybridized carbons (Fsp3) is 0.769. The van der Waals surface area contributed by atoms with Crippen LogP contribution in [0.3, 0.4) is 0 Å². The fourth-order valence-corrected chi connectivity index (χ4v) is 2.54. The first-order chi connectivity index (χ1) is 8.73. The van der Waals surface area contributed by atoms with Crippen molar-refractivity contribution in [2.24, 2.45) is 0 Å². The molecular weight excluding hydrogens is 232 g/mol. The van der Waals surface area contributed by atoms with Crippen LogP contribution in [0.1, 0.15) is 38.1 Å². The standard InChI is InChI=1S/C13H22N2O3/c1-3-7-15-8-6-14-12(15)11(16)13(17-2)4-9-18-10-5-13/h6,8,11,16H,3-5,7,9-10H2,1-2H3. The summed E-state index contributed by atoms with van der Waals surface area (Å²) in [6.07, 6.45) is 5.35. The van der Waals surface area contributed by atoms with Crippen LogP contribution in [-0.2, 0) is 16.0 Å². The third kappa shape index (κ3) is 2.43. The van der Waals surface area contributed by atoms with Gasteiger partial charge in [0.1, 0.15) is 17.5 Å². The summed E-state index contributed by atoms with van der Waals surface area (Å²) in [6, 6.07) is 0. The highest BCUT2D eigenvalue weighted by Gasteiger charge is 2.42. The van der Waals surface area contributed by atoms with Crippen molar-refractivity contribution >= 4 is 0 Å². The number of hydrogen-bond donors (Lipinski definition) is 1.